The van der Waals surface area contributed by atoms with Crippen molar-refractivity contribution in [2.45, 2.75) is 70.6 Å². The van der Waals surface area contributed by atoms with Gasteiger partial charge in [0.2, 0.25) is 0 Å². The van der Waals surface area contributed by atoms with Crippen molar-refractivity contribution in [3.63, 3.8) is 0 Å². The lowest BCUT2D eigenvalue weighted by Gasteiger charge is -2.19. The molecule has 1 aromatic heterocycles. The van der Waals surface area contributed by atoms with Crippen molar-refractivity contribution < 1.29 is 4.79 Å². The number of H-pyrrole nitrogens is 1. The van der Waals surface area contributed by atoms with Crippen molar-refractivity contribution in [3.05, 3.63) is 27.4 Å². The first-order chi connectivity index (χ1) is 10.7. The monoisotopic (exact) mass is 337 g/mol. The van der Waals surface area contributed by atoms with Crippen molar-refractivity contribution in [1.82, 2.24) is 15.3 Å². The molecule has 0 aromatic carbocycles. The van der Waals surface area contributed by atoms with Gasteiger partial charge in [0.15, 0.2) is 0 Å². The van der Waals surface area contributed by atoms with Crippen LogP contribution >= 0.6 is 11.8 Å². The third kappa shape index (κ3) is 4.37. The van der Waals surface area contributed by atoms with Crippen molar-refractivity contribution in [2.24, 2.45) is 0 Å². The van der Waals surface area contributed by atoms with Crippen LogP contribution in [-0.4, -0.2) is 32.9 Å². The maximum Gasteiger partial charge on any atom is 0.264 e. The molecule has 2 rings (SSSR count). The number of rotatable bonds is 4. The number of hydrogen-bond donors (Lipinski definition) is 2. The van der Waals surface area contributed by atoms with E-state index in [-0.39, 0.29) is 28.5 Å². The van der Waals surface area contributed by atoms with E-state index in [0.717, 1.165) is 25.0 Å². The Bertz CT molecular complexity index is 634. The third-order valence-electron chi connectivity index (χ3n) is 4.16. The Hall–Kier alpha value is -1.30. The number of carbonyl (C=O) groups excluding carboxylic acids is 1. The lowest BCUT2D eigenvalue weighted by atomic mass is 9.95. The molecule has 0 aliphatic heterocycles. The van der Waals surface area contributed by atoms with E-state index in [0.29, 0.717) is 16.8 Å². The normalized spacial score (nSPS) is 21.4. The van der Waals surface area contributed by atoms with Gasteiger partial charge in [-0.3, -0.25) is 9.59 Å². The van der Waals surface area contributed by atoms with Crippen LogP contribution in [-0.2, 0) is 5.41 Å². The molecule has 2 atom stereocenters. The molecule has 23 heavy (non-hydrogen) atoms. The largest absolute Gasteiger partial charge is 0.349 e. The number of aromatic amines is 1. The maximum atomic E-state index is 12.5. The van der Waals surface area contributed by atoms with Gasteiger partial charge in [0.05, 0.1) is 5.69 Å². The van der Waals surface area contributed by atoms with Crippen LogP contribution in [0.2, 0.25) is 0 Å². The summed E-state index contributed by atoms with van der Waals surface area (Å²) >= 11 is 1.94. The number of hydrogen-bond acceptors (Lipinski definition) is 4. The number of thioether (sulfide) groups is 1. The Morgan fingerprint density at radius 1 is 1.39 bits per heavy atom. The molecule has 1 aromatic rings. The first-order valence-electron chi connectivity index (χ1n) is 8.26. The van der Waals surface area contributed by atoms with E-state index >= 15 is 0 Å². The average Bonchev–Trinajstić information content (AvgIpc) is 2.84. The number of amides is 1. The summed E-state index contributed by atoms with van der Waals surface area (Å²) in [5, 5.41) is 3.63. The summed E-state index contributed by atoms with van der Waals surface area (Å²) in [6.07, 6.45) is 3.09. The lowest BCUT2D eigenvalue weighted by molar-refractivity contribution is 0.0935. The van der Waals surface area contributed by atoms with Gasteiger partial charge in [0.25, 0.3) is 11.5 Å². The average molecular weight is 337 g/mol. The third-order valence-corrected chi connectivity index (χ3v) is 5.39. The molecule has 1 fully saturated rings. The number of nitrogens with zero attached hydrogens (tertiary/aromatic N) is 1. The van der Waals surface area contributed by atoms with E-state index in [1.807, 2.05) is 32.5 Å². The van der Waals surface area contributed by atoms with Gasteiger partial charge < -0.3 is 10.3 Å². The highest BCUT2D eigenvalue weighted by atomic mass is 32.2. The van der Waals surface area contributed by atoms with E-state index in [9.17, 15) is 9.59 Å². The molecule has 0 saturated heterocycles. The Balaban J connectivity index is 2.13. The van der Waals surface area contributed by atoms with E-state index in [1.165, 1.54) is 0 Å². The zero-order chi connectivity index (χ0) is 17.2. The molecule has 1 amide bonds. The van der Waals surface area contributed by atoms with Crippen molar-refractivity contribution in [3.8, 4) is 0 Å². The maximum absolute atomic E-state index is 12.5. The van der Waals surface area contributed by atoms with Gasteiger partial charge in [0.1, 0.15) is 11.4 Å². The topological polar surface area (TPSA) is 74.8 Å². The molecule has 1 saturated carbocycles. The van der Waals surface area contributed by atoms with E-state index in [2.05, 4.69) is 22.2 Å². The minimum absolute atomic E-state index is 0.143. The fourth-order valence-corrected chi connectivity index (χ4v) is 4.07. The van der Waals surface area contributed by atoms with Crippen molar-refractivity contribution in [2.75, 3.05) is 5.75 Å². The molecule has 0 radical (unpaired) electrons. The SMILES string of the molecule is CCSC1CCC(NC(=O)c2c(C)nc(C(C)(C)C)[nH]c2=O)C1. The highest BCUT2D eigenvalue weighted by Crippen LogP contribution is 2.29. The second-order valence-corrected chi connectivity index (χ2v) is 8.76. The molecular weight excluding hydrogens is 310 g/mol. The summed E-state index contributed by atoms with van der Waals surface area (Å²) in [5.74, 6) is 1.41. The summed E-state index contributed by atoms with van der Waals surface area (Å²) in [7, 11) is 0. The van der Waals surface area contributed by atoms with Crippen LogP contribution < -0.4 is 10.9 Å². The lowest BCUT2D eigenvalue weighted by Crippen LogP contribution is -2.38. The quantitative estimate of drug-likeness (QED) is 0.886. The fraction of sp³-hybridized carbons (Fsp3) is 0.706. The predicted octanol–water partition coefficient (Wildman–Crippen LogP) is 2.78. The second kappa shape index (κ2) is 7.07. The number of aromatic nitrogens is 2. The summed E-state index contributed by atoms with van der Waals surface area (Å²) in [5.41, 5.74) is 0.0327. The standard InChI is InChI=1S/C17H27N3O2S/c1-6-23-12-8-7-11(9-12)19-14(21)13-10(2)18-16(17(3,4)5)20-15(13)22/h11-12H,6-9H2,1-5H3,(H,19,21)(H,18,20,22). The van der Waals surface area contributed by atoms with Gasteiger partial charge in [-0.25, -0.2) is 4.98 Å². The Kier molecular flexibility index (Phi) is 5.55. The first kappa shape index (κ1) is 18.0. The van der Waals surface area contributed by atoms with E-state index in [1.54, 1.807) is 6.92 Å². The number of aryl methyl sites for hydroxylation is 1. The molecule has 1 heterocycles. The summed E-state index contributed by atoms with van der Waals surface area (Å²) in [6.45, 7) is 9.82. The van der Waals surface area contributed by atoms with Gasteiger partial charge in [0, 0.05) is 16.7 Å². The van der Waals surface area contributed by atoms with Crippen LogP contribution in [0.3, 0.4) is 0 Å². The molecule has 0 bridgehead atoms. The van der Waals surface area contributed by atoms with E-state index < -0.39 is 0 Å². The first-order valence-corrected chi connectivity index (χ1v) is 9.31. The van der Waals surface area contributed by atoms with Gasteiger partial charge in [-0.15, -0.1) is 0 Å². The Morgan fingerprint density at radius 2 is 2.09 bits per heavy atom. The van der Waals surface area contributed by atoms with Crippen LogP contribution in [0, 0.1) is 6.92 Å². The van der Waals surface area contributed by atoms with Crippen LogP contribution in [0.5, 0.6) is 0 Å². The number of nitrogens with one attached hydrogen (secondary N) is 2. The Morgan fingerprint density at radius 3 is 2.65 bits per heavy atom. The van der Waals surface area contributed by atoms with Crippen LogP contribution in [0.4, 0.5) is 0 Å². The smallest absolute Gasteiger partial charge is 0.264 e. The Labute approximate surface area is 142 Å². The molecule has 2 N–H and O–H groups in total. The second-order valence-electron chi connectivity index (χ2n) is 7.19. The predicted molar refractivity (Wildman–Crippen MR) is 95.3 cm³/mol. The minimum Gasteiger partial charge on any atom is -0.349 e. The molecule has 128 valence electrons. The summed E-state index contributed by atoms with van der Waals surface area (Å²) in [6, 6.07) is 0.160. The van der Waals surface area contributed by atoms with Crippen molar-refractivity contribution in [1.29, 1.82) is 0 Å². The summed E-state index contributed by atoms with van der Waals surface area (Å²) < 4.78 is 0. The highest BCUT2D eigenvalue weighted by Gasteiger charge is 2.28. The minimum atomic E-state index is -0.350. The molecule has 6 heteroatoms. The molecule has 5 nitrogen and oxygen atoms in total. The number of carbonyl (C=O) groups is 1. The zero-order valence-electron chi connectivity index (χ0n) is 14.7. The molecule has 1 aliphatic rings. The van der Waals surface area contributed by atoms with Gasteiger partial charge >= 0.3 is 0 Å². The van der Waals surface area contributed by atoms with Crippen LogP contribution in [0.15, 0.2) is 4.79 Å². The molecule has 0 spiro atoms. The van der Waals surface area contributed by atoms with Gasteiger partial charge in [-0.1, -0.05) is 27.7 Å². The van der Waals surface area contributed by atoms with Crippen molar-refractivity contribution >= 4 is 17.7 Å². The molecule has 2 unspecified atom stereocenters. The molecule has 1 aliphatic carbocycles. The van der Waals surface area contributed by atoms with Gasteiger partial charge in [-0.05, 0) is 31.9 Å². The molecular formula is C17H27N3O2S. The highest BCUT2D eigenvalue weighted by molar-refractivity contribution is 7.99. The van der Waals surface area contributed by atoms with Crippen LogP contribution in [0.1, 0.15) is 68.8 Å². The fourth-order valence-electron chi connectivity index (χ4n) is 2.92. The summed E-state index contributed by atoms with van der Waals surface area (Å²) in [4.78, 5) is 32.0. The zero-order valence-corrected chi connectivity index (χ0v) is 15.5. The van der Waals surface area contributed by atoms with Crippen LogP contribution in [0.25, 0.3) is 0 Å². The van der Waals surface area contributed by atoms with E-state index in [4.69, 9.17) is 0 Å². The van der Waals surface area contributed by atoms with Gasteiger partial charge in [-0.2, -0.15) is 11.8 Å².